The van der Waals surface area contributed by atoms with Crippen molar-refractivity contribution >= 4 is 44.6 Å². The Bertz CT molecular complexity index is 3520. The molecule has 71 heavy (non-hydrogen) atoms. The van der Waals surface area contributed by atoms with Crippen LogP contribution in [-0.2, 0) is 31.9 Å². The molecule has 0 aliphatic carbocycles. The standard InChI is InChI=1S/C64H55N4O.CH3.Pt/c1-43(2)54-24-14-15-25-55(54)46-36-51(40-53(37-46)69-52-30-31-57-56-26-16-17-27-58(56)68(61(57)41-52)62-39-48(32-33-65-62)63(3,4)5)67-42-66(59-28-18-19-29-60(59)67)50-35-45(44-20-10-8-11-21-44)34-49(38-50)64(6,7)47-22-12-9-13-23-47;;/h8-39,42-43H,1-7H3;1H3;/q-3;-1;+4. The number of hydrogen-bond donors (Lipinski definition) is 0. The normalized spacial score (nSPS) is 12.5. The summed E-state index contributed by atoms with van der Waals surface area (Å²) in [7, 11) is 0. The number of anilines is 4. The summed E-state index contributed by atoms with van der Waals surface area (Å²) < 4.78 is 9.18. The van der Waals surface area contributed by atoms with Crippen LogP contribution in [0.15, 0.2) is 194 Å². The molecule has 0 saturated carbocycles. The van der Waals surface area contributed by atoms with Crippen molar-refractivity contribution in [3.8, 4) is 39.6 Å². The van der Waals surface area contributed by atoms with Gasteiger partial charge >= 0.3 is 21.1 Å². The van der Waals surface area contributed by atoms with E-state index in [9.17, 15) is 0 Å². The Kier molecular flexibility index (Phi) is 13.4. The number of aromatic nitrogens is 2. The maximum Gasteiger partial charge on any atom is 4.00 e. The molecule has 0 N–H and O–H groups in total. The van der Waals surface area contributed by atoms with Crippen molar-refractivity contribution in [2.24, 2.45) is 0 Å². The van der Waals surface area contributed by atoms with Gasteiger partial charge in [-0.1, -0.05) is 175 Å². The van der Waals surface area contributed by atoms with Gasteiger partial charge < -0.3 is 26.5 Å². The minimum absolute atomic E-state index is 0. The van der Waals surface area contributed by atoms with E-state index in [0.29, 0.717) is 17.4 Å². The summed E-state index contributed by atoms with van der Waals surface area (Å²) >= 11 is 0. The van der Waals surface area contributed by atoms with Crippen LogP contribution in [0.1, 0.15) is 76.6 Å². The Morgan fingerprint density at radius 2 is 1.23 bits per heavy atom. The number of pyridine rings is 1. The van der Waals surface area contributed by atoms with E-state index in [-0.39, 0.29) is 39.3 Å². The topological polar surface area (TPSA) is 33.5 Å². The van der Waals surface area contributed by atoms with Crippen LogP contribution in [0, 0.1) is 26.2 Å². The molecule has 354 valence electrons. The second kappa shape index (κ2) is 19.5. The zero-order valence-corrected chi connectivity index (χ0v) is 43.9. The molecule has 1 aliphatic rings. The fraction of sp³-hybridized carbons (Fsp3) is 0.154. The number of fused-ring (bicyclic) bond motifs is 4. The molecule has 3 heterocycles. The predicted octanol–water partition coefficient (Wildman–Crippen LogP) is 17.5. The van der Waals surface area contributed by atoms with E-state index >= 15 is 0 Å². The van der Waals surface area contributed by atoms with Crippen LogP contribution in [0.5, 0.6) is 11.5 Å². The Labute approximate surface area is 434 Å². The third-order valence-corrected chi connectivity index (χ3v) is 13.8. The van der Waals surface area contributed by atoms with Crippen molar-refractivity contribution in [1.29, 1.82) is 0 Å². The Morgan fingerprint density at radius 1 is 0.549 bits per heavy atom. The summed E-state index contributed by atoms with van der Waals surface area (Å²) in [5.41, 5.74) is 15.2. The van der Waals surface area contributed by atoms with Crippen LogP contribution in [0.25, 0.3) is 49.9 Å². The van der Waals surface area contributed by atoms with Crippen LogP contribution < -0.4 is 14.5 Å². The summed E-state index contributed by atoms with van der Waals surface area (Å²) in [4.78, 5) is 9.48. The first-order chi connectivity index (χ1) is 33.4. The number of ether oxygens (including phenoxy) is 1. The first kappa shape index (κ1) is 48.8. The van der Waals surface area contributed by atoms with Gasteiger partial charge in [0.15, 0.2) is 0 Å². The molecule has 0 bridgehead atoms. The smallest absolute Gasteiger partial charge is 0.509 e. The summed E-state index contributed by atoms with van der Waals surface area (Å²) in [5, 5.41) is 2.22. The maximum absolute atomic E-state index is 6.97. The maximum atomic E-state index is 6.97. The fourth-order valence-corrected chi connectivity index (χ4v) is 9.87. The van der Waals surface area contributed by atoms with Crippen molar-refractivity contribution in [2.75, 3.05) is 9.80 Å². The predicted molar refractivity (Wildman–Crippen MR) is 293 cm³/mol. The average molecular weight is 1110 g/mol. The number of para-hydroxylation sites is 3. The largest absolute Gasteiger partial charge is 4.00 e. The molecule has 6 heteroatoms. The van der Waals surface area contributed by atoms with Crippen LogP contribution >= 0.6 is 0 Å². The van der Waals surface area contributed by atoms with Crippen molar-refractivity contribution in [3.63, 3.8) is 0 Å². The summed E-state index contributed by atoms with van der Waals surface area (Å²) in [5.74, 6) is 2.34. The number of hydrogen-bond acceptors (Lipinski definition) is 4. The van der Waals surface area contributed by atoms with E-state index in [1.807, 2.05) is 12.3 Å². The molecule has 0 atom stereocenters. The van der Waals surface area contributed by atoms with Gasteiger partial charge in [-0.15, -0.1) is 53.6 Å². The summed E-state index contributed by atoms with van der Waals surface area (Å²) in [6, 6.07) is 74.6. The van der Waals surface area contributed by atoms with E-state index in [1.165, 1.54) is 27.8 Å². The summed E-state index contributed by atoms with van der Waals surface area (Å²) in [6.45, 7) is 18.0. The van der Waals surface area contributed by atoms with Gasteiger partial charge in [0, 0.05) is 45.7 Å². The van der Waals surface area contributed by atoms with Crippen molar-refractivity contribution < 1.29 is 25.8 Å². The minimum Gasteiger partial charge on any atom is -0.509 e. The molecule has 1 aliphatic heterocycles. The molecular formula is C65H58N4OPt. The van der Waals surface area contributed by atoms with Crippen LogP contribution in [0.4, 0.5) is 22.7 Å². The molecule has 0 spiro atoms. The molecule has 5 nitrogen and oxygen atoms in total. The average Bonchev–Trinajstić information content (AvgIpc) is 3.93. The third-order valence-electron chi connectivity index (χ3n) is 13.8. The molecule has 0 fully saturated rings. The SMILES string of the molecule is CC(C)c1ccccc1-c1cc(Oc2[c-]c3c(cc2)c2ccccc2n3-c2cc(C(C)(C)C)ccn2)[c-]c(N2[CH-]N(c3cc(-c4ccccc4)cc(C(C)(C)c4ccccc4)c3)c3ccccc32)c1.[CH3-].[Pt+4]. The summed E-state index contributed by atoms with van der Waals surface area (Å²) in [6.07, 6.45) is 1.91. The number of nitrogens with zero attached hydrogens (tertiary/aromatic N) is 4. The van der Waals surface area contributed by atoms with Gasteiger partial charge in [-0.2, -0.15) is 6.07 Å². The molecular weight excluding hydrogens is 1050 g/mol. The van der Waals surface area contributed by atoms with Crippen LogP contribution in [0.3, 0.4) is 0 Å². The molecule has 0 radical (unpaired) electrons. The Morgan fingerprint density at radius 3 is 1.97 bits per heavy atom. The zero-order chi connectivity index (χ0) is 47.4. The van der Waals surface area contributed by atoms with Gasteiger partial charge in [-0.25, -0.2) is 4.98 Å². The molecule has 0 saturated heterocycles. The second-order valence-corrected chi connectivity index (χ2v) is 20.0. The van der Waals surface area contributed by atoms with Gasteiger partial charge in [0.05, 0.1) is 0 Å². The van der Waals surface area contributed by atoms with Crippen LogP contribution in [-0.4, -0.2) is 9.55 Å². The van der Waals surface area contributed by atoms with E-state index in [0.717, 1.165) is 67.1 Å². The van der Waals surface area contributed by atoms with Gasteiger partial charge in [0.2, 0.25) is 0 Å². The van der Waals surface area contributed by atoms with Gasteiger partial charge in [0.25, 0.3) is 0 Å². The quantitative estimate of drug-likeness (QED) is 0.128. The molecule has 0 amide bonds. The third kappa shape index (κ3) is 9.21. The number of benzene rings is 8. The van der Waals surface area contributed by atoms with Gasteiger partial charge in [0.1, 0.15) is 5.82 Å². The Balaban J connectivity index is 0.00000312. The zero-order valence-electron chi connectivity index (χ0n) is 41.6. The minimum atomic E-state index is -0.265. The van der Waals surface area contributed by atoms with E-state index in [4.69, 9.17) is 9.72 Å². The van der Waals surface area contributed by atoms with Gasteiger partial charge in [-0.05, 0) is 98.1 Å². The van der Waals surface area contributed by atoms with E-state index in [2.05, 4.69) is 264 Å². The number of rotatable bonds is 10. The van der Waals surface area contributed by atoms with E-state index < -0.39 is 0 Å². The molecule has 8 aromatic carbocycles. The van der Waals surface area contributed by atoms with Gasteiger partial charge in [-0.3, -0.25) is 0 Å². The molecule has 2 aromatic heterocycles. The van der Waals surface area contributed by atoms with Crippen molar-refractivity contribution in [3.05, 3.63) is 243 Å². The molecule has 0 unspecified atom stereocenters. The molecule has 11 rings (SSSR count). The second-order valence-electron chi connectivity index (χ2n) is 20.0. The molecule has 10 aromatic rings. The fourth-order valence-electron chi connectivity index (χ4n) is 9.87. The van der Waals surface area contributed by atoms with Crippen LogP contribution in [0.2, 0.25) is 0 Å². The first-order valence-electron chi connectivity index (χ1n) is 24.0. The first-order valence-corrected chi connectivity index (χ1v) is 24.0. The van der Waals surface area contributed by atoms with Crippen molar-refractivity contribution in [1.82, 2.24) is 9.55 Å². The van der Waals surface area contributed by atoms with Crippen molar-refractivity contribution in [2.45, 2.75) is 65.2 Å². The monoisotopic (exact) mass is 1110 g/mol. The van der Waals surface area contributed by atoms with E-state index in [1.54, 1.807) is 0 Å². The Hall–Kier alpha value is -7.20.